The van der Waals surface area contributed by atoms with E-state index in [4.69, 9.17) is 0 Å². The predicted molar refractivity (Wildman–Crippen MR) is 81.8 cm³/mol. The molecule has 2 atom stereocenters. The maximum Gasteiger partial charge on any atom is 0.0848 e. The fourth-order valence-electron chi connectivity index (χ4n) is 2.54. The summed E-state index contributed by atoms with van der Waals surface area (Å²) in [7, 11) is 0. The molecule has 0 aliphatic heterocycles. The van der Waals surface area contributed by atoms with E-state index in [9.17, 15) is 5.11 Å². The molecule has 0 radical (unpaired) electrons. The van der Waals surface area contributed by atoms with Crippen molar-refractivity contribution in [1.82, 2.24) is 9.78 Å². The number of aliphatic hydroxyl groups is 1. The summed E-state index contributed by atoms with van der Waals surface area (Å²) in [6, 6.07) is 9.99. The van der Waals surface area contributed by atoms with Gasteiger partial charge < -0.3 is 5.11 Å². The first kappa shape index (κ1) is 14.8. The summed E-state index contributed by atoms with van der Waals surface area (Å²) in [5, 5.41) is 14.9. The topological polar surface area (TPSA) is 38.1 Å². The molecule has 20 heavy (non-hydrogen) atoms. The molecular formula is C17H24N2O. The largest absolute Gasteiger partial charge is 0.388 e. The molecule has 2 unspecified atom stereocenters. The Kier molecular flexibility index (Phi) is 5.36. The molecule has 108 valence electrons. The molecule has 3 nitrogen and oxygen atoms in total. The van der Waals surface area contributed by atoms with Gasteiger partial charge in [0.1, 0.15) is 0 Å². The summed E-state index contributed by atoms with van der Waals surface area (Å²) in [5.41, 5.74) is 1.93. The molecular weight excluding hydrogens is 248 g/mol. The molecule has 2 rings (SSSR count). The molecule has 1 aromatic carbocycles. The number of rotatable bonds is 7. The Morgan fingerprint density at radius 3 is 2.60 bits per heavy atom. The van der Waals surface area contributed by atoms with Crippen LogP contribution >= 0.6 is 0 Å². The molecule has 0 aliphatic rings. The number of hydrogen-bond donors (Lipinski definition) is 1. The summed E-state index contributed by atoms with van der Waals surface area (Å²) >= 11 is 0. The van der Waals surface area contributed by atoms with Gasteiger partial charge in [-0.1, -0.05) is 51.3 Å². The van der Waals surface area contributed by atoms with Crippen LogP contribution in [0.5, 0.6) is 0 Å². The minimum absolute atomic E-state index is 0.323. The zero-order valence-electron chi connectivity index (χ0n) is 12.4. The third-order valence-corrected chi connectivity index (χ3v) is 3.86. The molecule has 0 aliphatic carbocycles. The van der Waals surface area contributed by atoms with Gasteiger partial charge in [0.25, 0.3) is 0 Å². The van der Waals surface area contributed by atoms with Crippen LogP contribution in [0.15, 0.2) is 42.7 Å². The highest BCUT2D eigenvalue weighted by atomic mass is 16.3. The molecule has 1 N–H and O–H groups in total. The number of para-hydroxylation sites is 1. The van der Waals surface area contributed by atoms with Crippen molar-refractivity contribution in [3.8, 4) is 5.69 Å². The summed E-state index contributed by atoms with van der Waals surface area (Å²) in [6.45, 7) is 4.33. The summed E-state index contributed by atoms with van der Waals surface area (Å²) in [4.78, 5) is 0. The van der Waals surface area contributed by atoms with Crippen molar-refractivity contribution >= 4 is 0 Å². The number of aromatic nitrogens is 2. The second kappa shape index (κ2) is 7.25. The Bertz CT molecular complexity index is 507. The van der Waals surface area contributed by atoms with Gasteiger partial charge in [-0.05, 0) is 24.5 Å². The van der Waals surface area contributed by atoms with E-state index < -0.39 is 6.10 Å². The van der Waals surface area contributed by atoms with Crippen molar-refractivity contribution in [3.63, 3.8) is 0 Å². The van der Waals surface area contributed by atoms with Crippen molar-refractivity contribution in [2.24, 2.45) is 5.92 Å². The van der Waals surface area contributed by atoms with Crippen molar-refractivity contribution in [1.29, 1.82) is 0 Å². The number of benzene rings is 1. The quantitative estimate of drug-likeness (QED) is 0.823. The molecule has 1 heterocycles. The van der Waals surface area contributed by atoms with E-state index in [-0.39, 0.29) is 0 Å². The Balaban J connectivity index is 2.11. The maximum absolute atomic E-state index is 10.5. The van der Waals surface area contributed by atoms with Crippen LogP contribution in [0.2, 0.25) is 0 Å². The van der Waals surface area contributed by atoms with Gasteiger partial charge in [-0.25, -0.2) is 4.68 Å². The van der Waals surface area contributed by atoms with Crippen LogP contribution < -0.4 is 0 Å². The van der Waals surface area contributed by atoms with Crippen LogP contribution in [0, 0.1) is 5.92 Å². The monoisotopic (exact) mass is 272 g/mol. The Morgan fingerprint density at radius 2 is 1.95 bits per heavy atom. The average molecular weight is 272 g/mol. The zero-order valence-corrected chi connectivity index (χ0v) is 12.4. The van der Waals surface area contributed by atoms with Crippen molar-refractivity contribution in [2.75, 3.05) is 0 Å². The minimum Gasteiger partial charge on any atom is -0.388 e. The summed E-state index contributed by atoms with van der Waals surface area (Å²) in [5.74, 6) is 0.323. The van der Waals surface area contributed by atoms with E-state index in [0.29, 0.717) is 5.92 Å². The first-order valence-electron chi connectivity index (χ1n) is 7.54. The van der Waals surface area contributed by atoms with Gasteiger partial charge in [0.2, 0.25) is 0 Å². The van der Waals surface area contributed by atoms with Crippen LogP contribution in [0.3, 0.4) is 0 Å². The minimum atomic E-state index is -0.413. The molecule has 0 saturated carbocycles. The summed E-state index contributed by atoms with van der Waals surface area (Å²) in [6.07, 6.45) is 7.72. The van der Waals surface area contributed by atoms with E-state index in [1.54, 1.807) is 6.20 Å². The van der Waals surface area contributed by atoms with Gasteiger partial charge in [0.15, 0.2) is 0 Å². The highest BCUT2D eigenvalue weighted by Gasteiger charge is 2.20. The van der Waals surface area contributed by atoms with Gasteiger partial charge in [0, 0.05) is 11.8 Å². The third kappa shape index (κ3) is 3.48. The first-order chi connectivity index (χ1) is 9.76. The molecule has 0 saturated heterocycles. The fraction of sp³-hybridized carbons (Fsp3) is 0.471. The molecule has 1 aromatic heterocycles. The number of aliphatic hydroxyl groups excluding tert-OH is 1. The molecule has 0 fully saturated rings. The lowest BCUT2D eigenvalue weighted by atomic mass is 9.90. The van der Waals surface area contributed by atoms with Gasteiger partial charge in [0.05, 0.1) is 18.0 Å². The first-order valence-corrected chi connectivity index (χ1v) is 7.54. The number of unbranched alkanes of at least 4 members (excludes halogenated alkanes) is 1. The van der Waals surface area contributed by atoms with E-state index in [1.165, 1.54) is 12.8 Å². The molecule has 3 heteroatoms. The van der Waals surface area contributed by atoms with E-state index >= 15 is 0 Å². The zero-order chi connectivity index (χ0) is 14.4. The standard InChI is InChI=1S/C17H24N2O/c1-3-5-9-14(4-2)17(20)15-12-18-19(13-15)16-10-7-6-8-11-16/h6-8,10-14,17,20H,3-5,9H2,1-2H3. The van der Waals surface area contributed by atoms with Crippen molar-refractivity contribution < 1.29 is 5.11 Å². The van der Waals surface area contributed by atoms with E-state index in [1.807, 2.05) is 41.2 Å². The smallest absolute Gasteiger partial charge is 0.0848 e. The van der Waals surface area contributed by atoms with Gasteiger partial charge >= 0.3 is 0 Å². The highest BCUT2D eigenvalue weighted by molar-refractivity contribution is 5.31. The van der Waals surface area contributed by atoms with Crippen LogP contribution in [0.25, 0.3) is 5.69 Å². The lowest BCUT2D eigenvalue weighted by molar-refractivity contribution is 0.0989. The van der Waals surface area contributed by atoms with Gasteiger partial charge in [-0.2, -0.15) is 5.10 Å². The third-order valence-electron chi connectivity index (χ3n) is 3.86. The second-order valence-corrected chi connectivity index (χ2v) is 5.31. The van der Waals surface area contributed by atoms with Gasteiger partial charge in [-0.3, -0.25) is 0 Å². The van der Waals surface area contributed by atoms with Crippen LogP contribution in [0.4, 0.5) is 0 Å². The maximum atomic E-state index is 10.5. The van der Waals surface area contributed by atoms with Crippen LogP contribution in [0.1, 0.15) is 51.2 Å². The van der Waals surface area contributed by atoms with E-state index in [2.05, 4.69) is 18.9 Å². The van der Waals surface area contributed by atoms with Crippen LogP contribution in [-0.4, -0.2) is 14.9 Å². The number of hydrogen-bond acceptors (Lipinski definition) is 2. The lowest BCUT2D eigenvalue weighted by Crippen LogP contribution is -2.11. The van der Waals surface area contributed by atoms with Crippen molar-refractivity contribution in [2.45, 2.75) is 45.6 Å². The normalized spacial score (nSPS) is 14.2. The Morgan fingerprint density at radius 1 is 1.20 bits per heavy atom. The fourth-order valence-corrected chi connectivity index (χ4v) is 2.54. The predicted octanol–water partition coefficient (Wildman–Crippen LogP) is 4.12. The van der Waals surface area contributed by atoms with Crippen molar-refractivity contribution in [3.05, 3.63) is 48.3 Å². The molecule has 0 spiro atoms. The Hall–Kier alpha value is -1.61. The lowest BCUT2D eigenvalue weighted by Gasteiger charge is -2.20. The molecule has 2 aromatic rings. The average Bonchev–Trinajstić information content (AvgIpc) is 2.98. The van der Waals surface area contributed by atoms with E-state index in [0.717, 1.165) is 24.1 Å². The highest BCUT2D eigenvalue weighted by Crippen LogP contribution is 2.29. The molecule has 0 bridgehead atoms. The summed E-state index contributed by atoms with van der Waals surface area (Å²) < 4.78 is 1.82. The number of nitrogens with zero attached hydrogens (tertiary/aromatic N) is 2. The second-order valence-electron chi connectivity index (χ2n) is 5.31. The van der Waals surface area contributed by atoms with Crippen LogP contribution in [-0.2, 0) is 0 Å². The SMILES string of the molecule is CCCCC(CC)C(O)c1cnn(-c2ccccc2)c1. The Labute approximate surface area is 121 Å². The molecule has 0 amide bonds. The van der Waals surface area contributed by atoms with Gasteiger partial charge in [-0.15, -0.1) is 0 Å².